The zero-order valence-corrected chi connectivity index (χ0v) is 8.07. The van der Waals surface area contributed by atoms with Gasteiger partial charge in [0.25, 0.3) is 0 Å². The van der Waals surface area contributed by atoms with Crippen LogP contribution in [-0.4, -0.2) is 6.04 Å². The Balaban J connectivity index is 2.86. The fraction of sp³-hybridized carbons (Fsp3) is 0.222. The summed E-state index contributed by atoms with van der Waals surface area (Å²) in [6, 6.07) is 5.26. The predicted octanol–water partition coefficient (Wildman–Crippen LogP) is 2.70. The van der Waals surface area contributed by atoms with E-state index in [2.05, 4.69) is 6.92 Å². The summed E-state index contributed by atoms with van der Waals surface area (Å²) in [6.45, 7) is 3.68. The monoisotopic (exact) mass is 202 g/mol. The van der Waals surface area contributed by atoms with Gasteiger partial charge in [0.15, 0.2) is 0 Å². The van der Waals surface area contributed by atoms with Crippen LogP contribution in [0.2, 0.25) is 10.0 Å². The predicted molar refractivity (Wildman–Crippen MR) is 53.5 cm³/mol. The minimum atomic E-state index is -0.122. The molecule has 0 aliphatic rings. The van der Waals surface area contributed by atoms with E-state index in [0.717, 1.165) is 5.56 Å². The van der Waals surface area contributed by atoms with E-state index >= 15 is 0 Å². The van der Waals surface area contributed by atoms with Crippen LogP contribution in [0.15, 0.2) is 18.2 Å². The van der Waals surface area contributed by atoms with Crippen LogP contribution in [0.1, 0.15) is 5.56 Å². The first-order valence-corrected chi connectivity index (χ1v) is 4.38. The molecule has 0 saturated carbocycles. The van der Waals surface area contributed by atoms with Gasteiger partial charge in [0.2, 0.25) is 0 Å². The molecule has 3 heteroatoms. The van der Waals surface area contributed by atoms with Crippen molar-refractivity contribution in [1.82, 2.24) is 0 Å². The lowest BCUT2D eigenvalue weighted by molar-refractivity contribution is 0.807. The third-order valence-corrected chi connectivity index (χ3v) is 2.08. The molecule has 1 radical (unpaired) electrons. The third-order valence-electron chi connectivity index (χ3n) is 1.50. The summed E-state index contributed by atoms with van der Waals surface area (Å²) in [7, 11) is 0. The fourth-order valence-electron chi connectivity index (χ4n) is 0.970. The van der Waals surface area contributed by atoms with Crippen molar-refractivity contribution in [3.05, 3.63) is 40.7 Å². The minimum Gasteiger partial charge on any atom is -0.327 e. The van der Waals surface area contributed by atoms with Crippen molar-refractivity contribution < 1.29 is 0 Å². The van der Waals surface area contributed by atoms with Gasteiger partial charge in [0.1, 0.15) is 0 Å². The molecule has 12 heavy (non-hydrogen) atoms. The summed E-state index contributed by atoms with van der Waals surface area (Å²) in [5, 5.41) is 1.29. The Morgan fingerprint density at radius 1 is 1.42 bits per heavy atom. The molecule has 1 unspecified atom stereocenters. The Bertz CT molecular complexity index is 271. The van der Waals surface area contributed by atoms with Crippen LogP contribution in [0, 0.1) is 6.92 Å². The van der Waals surface area contributed by atoms with Crippen molar-refractivity contribution in [2.45, 2.75) is 12.5 Å². The second-order valence-electron chi connectivity index (χ2n) is 2.70. The van der Waals surface area contributed by atoms with Crippen molar-refractivity contribution in [1.29, 1.82) is 0 Å². The Hall–Kier alpha value is -0.240. The summed E-state index contributed by atoms with van der Waals surface area (Å²) in [5.74, 6) is 0. The normalized spacial score (nSPS) is 13.0. The number of halogens is 2. The third kappa shape index (κ3) is 2.67. The molecule has 0 amide bonds. The SMILES string of the molecule is [CH2]C(N)Cc1ccc(Cl)cc1Cl. The highest BCUT2D eigenvalue weighted by atomic mass is 35.5. The number of nitrogens with two attached hydrogens (primary N) is 1. The number of hydrogen-bond acceptors (Lipinski definition) is 1. The molecule has 1 rings (SSSR count). The van der Waals surface area contributed by atoms with Crippen molar-refractivity contribution in [2.24, 2.45) is 5.73 Å². The molecular weight excluding hydrogens is 193 g/mol. The number of rotatable bonds is 2. The van der Waals surface area contributed by atoms with Gasteiger partial charge < -0.3 is 5.73 Å². The maximum atomic E-state index is 5.91. The highest BCUT2D eigenvalue weighted by Crippen LogP contribution is 2.21. The number of benzene rings is 1. The van der Waals surface area contributed by atoms with Crippen LogP contribution in [0.25, 0.3) is 0 Å². The van der Waals surface area contributed by atoms with E-state index in [-0.39, 0.29) is 6.04 Å². The van der Waals surface area contributed by atoms with E-state index in [9.17, 15) is 0 Å². The largest absolute Gasteiger partial charge is 0.327 e. The average molecular weight is 203 g/mol. The van der Waals surface area contributed by atoms with E-state index in [4.69, 9.17) is 28.9 Å². The van der Waals surface area contributed by atoms with Crippen LogP contribution in [0.5, 0.6) is 0 Å². The molecular formula is C9H10Cl2N. The van der Waals surface area contributed by atoms with Crippen LogP contribution >= 0.6 is 23.2 Å². The lowest BCUT2D eigenvalue weighted by atomic mass is 10.1. The van der Waals surface area contributed by atoms with Gasteiger partial charge >= 0.3 is 0 Å². The molecule has 0 saturated heterocycles. The number of hydrogen-bond donors (Lipinski definition) is 1. The van der Waals surface area contributed by atoms with Gasteiger partial charge in [-0.05, 0) is 31.0 Å². The van der Waals surface area contributed by atoms with E-state index < -0.39 is 0 Å². The molecule has 1 aromatic carbocycles. The molecule has 0 bridgehead atoms. The minimum absolute atomic E-state index is 0.122. The molecule has 65 valence electrons. The molecule has 0 fully saturated rings. The smallest absolute Gasteiger partial charge is 0.0453 e. The van der Waals surface area contributed by atoms with Gasteiger partial charge in [-0.15, -0.1) is 0 Å². The van der Waals surface area contributed by atoms with Gasteiger partial charge in [-0.1, -0.05) is 29.3 Å². The maximum Gasteiger partial charge on any atom is 0.0453 e. The Morgan fingerprint density at radius 3 is 2.58 bits per heavy atom. The van der Waals surface area contributed by atoms with Gasteiger partial charge in [-0.3, -0.25) is 0 Å². The maximum absolute atomic E-state index is 5.91. The van der Waals surface area contributed by atoms with Gasteiger partial charge in [0, 0.05) is 16.1 Å². The molecule has 1 nitrogen and oxygen atoms in total. The molecule has 0 spiro atoms. The summed E-state index contributed by atoms with van der Waals surface area (Å²) < 4.78 is 0. The zero-order valence-electron chi connectivity index (χ0n) is 6.56. The standard InChI is InChI=1S/C9H10Cl2N/c1-6(12)4-7-2-3-8(10)5-9(7)11/h2-3,5-6H,1,4,12H2. The Kier molecular flexibility index (Phi) is 3.39. The second-order valence-corrected chi connectivity index (χ2v) is 3.54. The van der Waals surface area contributed by atoms with E-state index in [1.807, 2.05) is 6.07 Å². The van der Waals surface area contributed by atoms with E-state index in [1.165, 1.54) is 0 Å². The van der Waals surface area contributed by atoms with Crippen LogP contribution in [0.3, 0.4) is 0 Å². The fourth-order valence-corrected chi connectivity index (χ4v) is 1.46. The lowest BCUT2D eigenvalue weighted by Crippen LogP contribution is -2.18. The van der Waals surface area contributed by atoms with Crippen LogP contribution in [0.4, 0.5) is 0 Å². The second kappa shape index (κ2) is 4.13. The van der Waals surface area contributed by atoms with Crippen LogP contribution < -0.4 is 5.73 Å². The van der Waals surface area contributed by atoms with Crippen LogP contribution in [-0.2, 0) is 6.42 Å². The highest BCUT2D eigenvalue weighted by Gasteiger charge is 2.03. The Morgan fingerprint density at radius 2 is 2.08 bits per heavy atom. The summed E-state index contributed by atoms with van der Waals surface area (Å²) in [6.07, 6.45) is 0.677. The molecule has 0 aliphatic heterocycles. The first kappa shape index (κ1) is 9.85. The molecule has 1 atom stereocenters. The first-order valence-electron chi connectivity index (χ1n) is 3.62. The summed E-state index contributed by atoms with van der Waals surface area (Å²) >= 11 is 11.6. The van der Waals surface area contributed by atoms with Gasteiger partial charge in [-0.2, -0.15) is 0 Å². The summed E-state index contributed by atoms with van der Waals surface area (Å²) in [4.78, 5) is 0. The Labute approximate surface area is 82.5 Å². The van der Waals surface area contributed by atoms with Crippen molar-refractivity contribution in [2.75, 3.05) is 0 Å². The van der Waals surface area contributed by atoms with E-state index in [0.29, 0.717) is 16.5 Å². The highest BCUT2D eigenvalue weighted by molar-refractivity contribution is 6.35. The first-order chi connectivity index (χ1) is 5.59. The van der Waals surface area contributed by atoms with Gasteiger partial charge in [-0.25, -0.2) is 0 Å². The average Bonchev–Trinajstić information content (AvgIpc) is 1.94. The van der Waals surface area contributed by atoms with E-state index in [1.54, 1.807) is 12.1 Å². The quantitative estimate of drug-likeness (QED) is 0.785. The van der Waals surface area contributed by atoms with Crippen molar-refractivity contribution >= 4 is 23.2 Å². The zero-order chi connectivity index (χ0) is 9.14. The molecule has 0 heterocycles. The molecule has 0 aromatic heterocycles. The topological polar surface area (TPSA) is 26.0 Å². The molecule has 2 N–H and O–H groups in total. The van der Waals surface area contributed by atoms with Crippen molar-refractivity contribution in [3.8, 4) is 0 Å². The summed E-state index contributed by atoms with van der Waals surface area (Å²) in [5.41, 5.74) is 6.52. The van der Waals surface area contributed by atoms with Crippen molar-refractivity contribution in [3.63, 3.8) is 0 Å². The lowest BCUT2D eigenvalue weighted by Gasteiger charge is -2.06. The molecule has 1 aromatic rings. The molecule has 0 aliphatic carbocycles. The van der Waals surface area contributed by atoms with Gasteiger partial charge in [0.05, 0.1) is 0 Å².